The van der Waals surface area contributed by atoms with E-state index in [-0.39, 0.29) is 0 Å². The van der Waals surface area contributed by atoms with Crippen molar-refractivity contribution in [3.63, 3.8) is 0 Å². The van der Waals surface area contributed by atoms with Gasteiger partial charge in [0, 0.05) is 17.3 Å². The molecule has 0 bridgehead atoms. The minimum atomic E-state index is 0.901. The van der Waals surface area contributed by atoms with Crippen molar-refractivity contribution in [2.75, 3.05) is 31.1 Å². The third-order valence-electron chi connectivity index (χ3n) is 6.60. The highest BCUT2D eigenvalue weighted by molar-refractivity contribution is 5.81. The molecular weight excluding hydrogens is 346 g/mol. The van der Waals surface area contributed by atoms with Crippen LogP contribution in [0.5, 0.6) is 0 Å². The van der Waals surface area contributed by atoms with Crippen molar-refractivity contribution in [3.05, 3.63) is 47.8 Å². The highest BCUT2D eigenvalue weighted by Crippen LogP contribution is 2.30. The summed E-state index contributed by atoms with van der Waals surface area (Å²) in [5.74, 6) is 1.19. The summed E-state index contributed by atoms with van der Waals surface area (Å²) >= 11 is 0. The molecule has 0 unspecified atom stereocenters. The Kier molecular flexibility index (Phi) is 4.55. The SMILES string of the molecule is Cc1cc(N2CC[NH+](C3CCCC3)CC2)n2nc(C)c(-c3ccccc3)c2n1. The van der Waals surface area contributed by atoms with E-state index >= 15 is 0 Å². The van der Waals surface area contributed by atoms with Gasteiger partial charge < -0.3 is 9.80 Å². The van der Waals surface area contributed by atoms with Crippen molar-refractivity contribution in [1.29, 1.82) is 0 Å². The topological polar surface area (TPSA) is 37.9 Å². The molecule has 1 N–H and O–H groups in total. The molecule has 0 atom stereocenters. The van der Waals surface area contributed by atoms with Crippen molar-refractivity contribution in [1.82, 2.24) is 14.6 Å². The van der Waals surface area contributed by atoms with Gasteiger partial charge in [0.1, 0.15) is 5.82 Å². The van der Waals surface area contributed by atoms with Gasteiger partial charge >= 0.3 is 0 Å². The van der Waals surface area contributed by atoms with Crippen molar-refractivity contribution in [2.45, 2.75) is 45.6 Å². The molecule has 0 spiro atoms. The first-order chi connectivity index (χ1) is 13.7. The van der Waals surface area contributed by atoms with Crippen LogP contribution in [0.3, 0.4) is 0 Å². The summed E-state index contributed by atoms with van der Waals surface area (Å²) in [6.45, 7) is 8.87. The monoisotopic (exact) mass is 376 g/mol. The fourth-order valence-corrected chi connectivity index (χ4v) is 5.16. The second kappa shape index (κ2) is 7.21. The molecule has 5 rings (SSSR count). The summed E-state index contributed by atoms with van der Waals surface area (Å²) in [6, 6.07) is 13.6. The first-order valence-corrected chi connectivity index (χ1v) is 10.7. The standard InChI is InChI=1S/C23H29N5/c1-17-16-21(27-14-12-26(13-15-27)20-10-6-7-11-20)28-23(24-17)22(18(2)25-28)19-8-4-3-5-9-19/h3-5,8-9,16,20H,6-7,10-15H2,1-2H3/p+1. The van der Waals surface area contributed by atoms with E-state index < -0.39 is 0 Å². The van der Waals surface area contributed by atoms with Crippen LogP contribution in [0.15, 0.2) is 36.4 Å². The molecule has 2 fully saturated rings. The molecule has 0 amide bonds. The maximum Gasteiger partial charge on any atom is 0.165 e. The lowest BCUT2D eigenvalue weighted by Crippen LogP contribution is -3.18. The number of quaternary nitrogens is 1. The smallest absolute Gasteiger partial charge is 0.165 e. The minimum absolute atomic E-state index is 0.901. The lowest BCUT2D eigenvalue weighted by molar-refractivity contribution is -0.925. The second-order valence-electron chi connectivity index (χ2n) is 8.44. The zero-order valence-corrected chi connectivity index (χ0v) is 17.0. The van der Waals surface area contributed by atoms with E-state index in [4.69, 9.17) is 10.1 Å². The van der Waals surface area contributed by atoms with Gasteiger partial charge in [0.15, 0.2) is 5.65 Å². The normalized spacial score (nSPS) is 19.0. The number of benzene rings is 1. The highest BCUT2D eigenvalue weighted by Gasteiger charge is 2.30. The molecule has 1 saturated heterocycles. The number of piperazine rings is 1. The number of rotatable bonds is 3. The molecule has 5 nitrogen and oxygen atoms in total. The number of hydrogen-bond donors (Lipinski definition) is 1. The summed E-state index contributed by atoms with van der Waals surface area (Å²) in [4.78, 5) is 9.21. The van der Waals surface area contributed by atoms with Crippen molar-refractivity contribution in [3.8, 4) is 11.1 Å². The van der Waals surface area contributed by atoms with Gasteiger partial charge in [0.25, 0.3) is 0 Å². The summed E-state index contributed by atoms with van der Waals surface area (Å²) < 4.78 is 2.07. The summed E-state index contributed by atoms with van der Waals surface area (Å²) in [5, 5.41) is 4.91. The van der Waals surface area contributed by atoms with Gasteiger partial charge in [-0.25, -0.2) is 4.98 Å². The molecule has 2 aromatic heterocycles. The molecule has 2 aliphatic rings. The predicted molar refractivity (Wildman–Crippen MR) is 113 cm³/mol. The van der Waals surface area contributed by atoms with E-state index in [1.165, 1.54) is 50.2 Å². The summed E-state index contributed by atoms with van der Waals surface area (Å²) in [6.07, 6.45) is 5.70. The molecule has 5 heteroatoms. The Hall–Kier alpha value is -2.40. The van der Waals surface area contributed by atoms with Crippen LogP contribution in [0, 0.1) is 13.8 Å². The van der Waals surface area contributed by atoms with E-state index in [1.54, 1.807) is 0 Å². The summed E-state index contributed by atoms with van der Waals surface area (Å²) in [5.41, 5.74) is 5.42. The Morgan fingerprint density at radius 3 is 2.43 bits per heavy atom. The average Bonchev–Trinajstić information content (AvgIpc) is 3.36. The Balaban J connectivity index is 1.49. The van der Waals surface area contributed by atoms with Crippen molar-refractivity contribution < 1.29 is 4.90 Å². The van der Waals surface area contributed by atoms with Gasteiger partial charge in [-0.05, 0) is 45.1 Å². The van der Waals surface area contributed by atoms with Crippen LogP contribution in [0.4, 0.5) is 5.82 Å². The number of aromatic nitrogens is 3. The van der Waals surface area contributed by atoms with Gasteiger partial charge in [0.05, 0.1) is 37.9 Å². The first-order valence-electron chi connectivity index (χ1n) is 10.7. The first kappa shape index (κ1) is 17.7. The van der Waals surface area contributed by atoms with Gasteiger partial charge in [-0.1, -0.05) is 30.3 Å². The largest absolute Gasteiger partial charge is 0.345 e. The maximum absolute atomic E-state index is 4.91. The fourth-order valence-electron chi connectivity index (χ4n) is 5.16. The van der Waals surface area contributed by atoms with Crippen LogP contribution in [0.2, 0.25) is 0 Å². The number of nitrogens with one attached hydrogen (secondary N) is 1. The summed E-state index contributed by atoms with van der Waals surface area (Å²) in [7, 11) is 0. The molecule has 3 aromatic rings. The number of hydrogen-bond acceptors (Lipinski definition) is 3. The predicted octanol–water partition coefficient (Wildman–Crippen LogP) is 2.66. The number of nitrogens with zero attached hydrogens (tertiary/aromatic N) is 4. The van der Waals surface area contributed by atoms with E-state index in [2.05, 4.69) is 59.7 Å². The Morgan fingerprint density at radius 2 is 1.71 bits per heavy atom. The third-order valence-corrected chi connectivity index (χ3v) is 6.60. The number of anilines is 1. The van der Waals surface area contributed by atoms with E-state index in [1.807, 2.05) is 4.90 Å². The zero-order chi connectivity index (χ0) is 19.1. The lowest BCUT2D eigenvalue weighted by Gasteiger charge is -2.36. The lowest BCUT2D eigenvalue weighted by atomic mass is 10.1. The minimum Gasteiger partial charge on any atom is -0.345 e. The van der Waals surface area contributed by atoms with Crippen molar-refractivity contribution in [2.24, 2.45) is 0 Å². The molecule has 28 heavy (non-hydrogen) atoms. The number of fused-ring (bicyclic) bond motifs is 1. The molecule has 3 heterocycles. The molecule has 1 saturated carbocycles. The Labute approximate surface area is 167 Å². The van der Waals surface area contributed by atoms with Crippen LogP contribution in [-0.4, -0.2) is 46.8 Å². The van der Waals surface area contributed by atoms with E-state index in [0.29, 0.717) is 0 Å². The average molecular weight is 377 g/mol. The van der Waals surface area contributed by atoms with Gasteiger partial charge in [-0.15, -0.1) is 0 Å². The van der Waals surface area contributed by atoms with Crippen molar-refractivity contribution >= 4 is 11.5 Å². The van der Waals surface area contributed by atoms with Crippen LogP contribution < -0.4 is 9.80 Å². The Bertz CT molecular complexity index is 964. The van der Waals surface area contributed by atoms with Gasteiger partial charge in [-0.2, -0.15) is 9.61 Å². The van der Waals surface area contributed by atoms with Crippen LogP contribution in [0.1, 0.15) is 37.1 Å². The highest BCUT2D eigenvalue weighted by atomic mass is 15.4. The second-order valence-corrected chi connectivity index (χ2v) is 8.44. The van der Waals surface area contributed by atoms with E-state index in [9.17, 15) is 0 Å². The van der Waals surface area contributed by atoms with Crippen LogP contribution >= 0.6 is 0 Å². The van der Waals surface area contributed by atoms with Gasteiger partial charge in [0.2, 0.25) is 0 Å². The maximum atomic E-state index is 4.91. The third kappa shape index (κ3) is 3.08. The molecule has 0 radical (unpaired) electrons. The van der Waals surface area contributed by atoms with Crippen LogP contribution in [0.25, 0.3) is 16.8 Å². The molecule has 1 aromatic carbocycles. The zero-order valence-electron chi connectivity index (χ0n) is 17.0. The quantitative estimate of drug-likeness (QED) is 0.764. The van der Waals surface area contributed by atoms with E-state index in [0.717, 1.165) is 41.7 Å². The molecule has 1 aliphatic carbocycles. The Morgan fingerprint density at radius 1 is 1.00 bits per heavy atom. The fraction of sp³-hybridized carbons (Fsp3) is 0.478. The van der Waals surface area contributed by atoms with Gasteiger partial charge in [-0.3, -0.25) is 0 Å². The van der Waals surface area contributed by atoms with Crippen LogP contribution in [-0.2, 0) is 0 Å². The number of aryl methyl sites for hydroxylation is 2. The molecule has 146 valence electrons. The molecular formula is C23H30N5+. The molecule has 1 aliphatic heterocycles.